The quantitative estimate of drug-likeness (QED) is 0.657. The van der Waals surface area contributed by atoms with Gasteiger partial charge in [-0.05, 0) is 48.6 Å². The van der Waals surface area contributed by atoms with E-state index >= 15 is 4.39 Å². The molecule has 2 aromatic carbocycles. The lowest BCUT2D eigenvalue weighted by molar-refractivity contribution is -0.0406. The van der Waals surface area contributed by atoms with Crippen LogP contribution in [0, 0.1) is 17.6 Å². The summed E-state index contributed by atoms with van der Waals surface area (Å²) >= 11 is 0. The first-order valence-corrected chi connectivity index (χ1v) is 12.6. The fraction of sp³-hybridized carbons (Fsp3) is 0.500. The van der Waals surface area contributed by atoms with Crippen LogP contribution in [0.1, 0.15) is 41.2 Å². The van der Waals surface area contributed by atoms with Gasteiger partial charge in [0.2, 0.25) is 0 Å². The SMILES string of the molecule is C[C@@H]1NC[C@@H](c2ccccc2)S(=O)(=O)C1Cc1cc(F)c(C(CO)CC2COC2)cc1F. The van der Waals surface area contributed by atoms with Crippen molar-refractivity contribution in [3.63, 3.8) is 0 Å². The number of aliphatic hydroxyl groups excluding tert-OH is 1. The van der Waals surface area contributed by atoms with Crippen LogP contribution in [-0.2, 0) is 21.0 Å². The molecule has 8 heteroatoms. The lowest BCUT2D eigenvalue weighted by Crippen LogP contribution is -2.53. The van der Waals surface area contributed by atoms with E-state index in [9.17, 15) is 17.9 Å². The van der Waals surface area contributed by atoms with Crippen molar-refractivity contribution < 1.29 is 27.0 Å². The van der Waals surface area contributed by atoms with E-state index in [1.807, 2.05) is 6.07 Å². The second-order valence-corrected chi connectivity index (χ2v) is 11.3. The van der Waals surface area contributed by atoms with Crippen LogP contribution in [0.3, 0.4) is 0 Å². The number of rotatable bonds is 7. The minimum atomic E-state index is -3.64. The van der Waals surface area contributed by atoms with E-state index in [1.165, 1.54) is 0 Å². The molecule has 0 aliphatic carbocycles. The number of sulfone groups is 1. The fourth-order valence-corrected chi connectivity index (χ4v) is 7.08. The van der Waals surface area contributed by atoms with Crippen molar-refractivity contribution in [3.8, 4) is 0 Å². The van der Waals surface area contributed by atoms with Gasteiger partial charge in [-0.3, -0.25) is 0 Å². The van der Waals surface area contributed by atoms with Crippen LogP contribution >= 0.6 is 0 Å². The van der Waals surface area contributed by atoms with Crippen LogP contribution in [-0.4, -0.2) is 51.2 Å². The summed E-state index contributed by atoms with van der Waals surface area (Å²) in [6.45, 7) is 2.87. The Morgan fingerprint density at radius 2 is 1.88 bits per heavy atom. The van der Waals surface area contributed by atoms with Gasteiger partial charge in [0.1, 0.15) is 11.6 Å². The average Bonchev–Trinajstić information content (AvgIpc) is 2.73. The molecule has 0 aromatic heterocycles. The van der Waals surface area contributed by atoms with E-state index in [1.54, 1.807) is 31.2 Å². The standard InChI is InChI=1S/C24H29F2NO4S/c1-15-23(32(29,30)24(11-27-15)17-5-3-2-4-6-17)9-18-8-22(26)20(10-21(18)25)19(12-28)7-16-13-31-14-16/h2-6,8,10,15-16,19,23-24,27-28H,7,9,11-14H2,1H3/t15-,19?,23?,24-/m0/s1. The third-order valence-corrected chi connectivity index (χ3v) is 9.40. The van der Waals surface area contributed by atoms with Gasteiger partial charge in [-0.15, -0.1) is 0 Å². The predicted molar refractivity (Wildman–Crippen MR) is 118 cm³/mol. The molecule has 4 atom stereocenters. The molecule has 2 unspecified atom stereocenters. The summed E-state index contributed by atoms with van der Waals surface area (Å²) in [7, 11) is -3.64. The van der Waals surface area contributed by atoms with Gasteiger partial charge in [-0.1, -0.05) is 30.3 Å². The number of ether oxygens (including phenoxy) is 1. The van der Waals surface area contributed by atoms with Gasteiger partial charge in [0.05, 0.1) is 30.3 Å². The summed E-state index contributed by atoms with van der Waals surface area (Å²) in [5.41, 5.74) is 0.844. The van der Waals surface area contributed by atoms with Crippen molar-refractivity contribution in [1.29, 1.82) is 0 Å². The highest BCUT2D eigenvalue weighted by molar-refractivity contribution is 7.92. The fourth-order valence-electron chi connectivity index (χ4n) is 4.72. The Kier molecular flexibility index (Phi) is 6.95. The topological polar surface area (TPSA) is 75.6 Å². The van der Waals surface area contributed by atoms with Gasteiger partial charge >= 0.3 is 0 Å². The van der Waals surface area contributed by atoms with E-state index in [4.69, 9.17) is 4.74 Å². The lowest BCUT2D eigenvalue weighted by Gasteiger charge is -2.35. The minimum Gasteiger partial charge on any atom is -0.396 e. The van der Waals surface area contributed by atoms with Crippen molar-refractivity contribution in [2.24, 2.45) is 5.92 Å². The van der Waals surface area contributed by atoms with Crippen LogP contribution in [0.5, 0.6) is 0 Å². The highest BCUT2D eigenvalue weighted by Crippen LogP contribution is 2.34. The Bertz CT molecular complexity index is 1040. The number of hydrogen-bond acceptors (Lipinski definition) is 5. The minimum absolute atomic E-state index is 0.0332. The van der Waals surface area contributed by atoms with Gasteiger partial charge in [0, 0.05) is 24.4 Å². The summed E-state index contributed by atoms with van der Waals surface area (Å²) in [6.07, 6.45) is 0.395. The highest BCUT2D eigenvalue weighted by atomic mass is 32.2. The van der Waals surface area contributed by atoms with Gasteiger partial charge in [0.25, 0.3) is 0 Å². The molecular formula is C24H29F2NO4S. The number of nitrogens with one attached hydrogen (secondary N) is 1. The molecule has 0 amide bonds. The molecule has 2 aromatic rings. The summed E-state index contributed by atoms with van der Waals surface area (Å²) in [5.74, 6) is -1.56. The first kappa shape index (κ1) is 23.3. The second-order valence-electron chi connectivity index (χ2n) is 8.91. The smallest absolute Gasteiger partial charge is 0.163 e. The van der Waals surface area contributed by atoms with E-state index < -0.39 is 43.9 Å². The molecule has 2 aliphatic heterocycles. The monoisotopic (exact) mass is 465 g/mol. The van der Waals surface area contributed by atoms with Gasteiger partial charge in [0.15, 0.2) is 9.84 Å². The van der Waals surface area contributed by atoms with E-state index in [2.05, 4.69) is 5.32 Å². The number of aliphatic hydroxyl groups is 1. The second kappa shape index (κ2) is 9.55. The summed E-state index contributed by atoms with van der Waals surface area (Å²) in [6, 6.07) is 10.8. The predicted octanol–water partition coefficient (Wildman–Crippen LogP) is 3.14. The Hall–Kier alpha value is -1.87. The maximum Gasteiger partial charge on any atom is 0.163 e. The summed E-state index contributed by atoms with van der Waals surface area (Å²) < 4.78 is 61.9. The summed E-state index contributed by atoms with van der Waals surface area (Å²) in [5, 5.41) is 11.3. The van der Waals surface area contributed by atoms with Crippen LogP contribution in [0.4, 0.5) is 8.78 Å². The molecule has 2 aliphatic rings. The molecule has 2 saturated heterocycles. The molecule has 4 rings (SSSR count). The molecule has 0 spiro atoms. The zero-order valence-corrected chi connectivity index (χ0v) is 18.8. The Morgan fingerprint density at radius 1 is 1.16 bits per heavy atom. The van der Waals surface area contributed by atoms with Gasteiger partial charge in [-0.2, -0.15) is 0 Å². The van der Waals surface area contributed by atoms with Crippen molar-refractivity contribution in [2.45, 2.75) is 42.2 Å². The maximum absolute atomic E-state index is 15.0. The first-order chi connectivity index (χ1) is 15.3. The van der Waals surface area contributed by atoms with E-state index in [-0.39, 0.29) is 36.6 Å². The average molecular weight is 466 g/mol. The largest absolute Gasteiger partial charge is 0.396 e. The first-order valence-electron chi connectivity index (χ1n) is 11.0. The van der Waals surface area contributed by atoms with Crippen LogP contribution < -0.4 is 5.32 Å². The van der Waals surface area contributed by atoms with Crippen molar-refractivity contribution in [1.82, 2.24) is 5.32 Å². The van der Waals surface area contributed by atoms with Gasteiger partial charge < -0.3 is 15.2 Å². The molecule has 5 nitrogen and oxygen atoms in total. The number of hydrogen-bond donors (Lipinski definition) is 2. The molecule has 32 heavy (non-hydrogen) atoms. The molecule has 2 heterocycles. The van der Waals surface area contributed by atoms with Crippen molar-refractivity contribution in [2.75, 3.05) is 26.4 Å². The van der Waals surface area contributed by atoms with E-state index in [0.717, 1.165) is 12.1 Å². The Balaban J connectivity index is 1.59. The van der Waals surface area contributed by atoms with Crippen LogP contribution in [0.25, 0.3) is 0 Å². The van der Waals surface area contributed by atoms with Crippen LogP contribution in [0.15, 0.2) is 42.5 Å². The third-order valence-electron chi connectivity index (χ3n) is 6.74. The Morgan fingerprint density at radius 3 is 2.50 bits per heavy atom. The molecule has 0 radical (unpaired) electrons. The molecule has 0 bridgehead atoms. The lowest BCUT2D eigenvalue weighted by atomic mass is 9.87. The maximum atomic E-state index is 15.0. The van der Waals surface area contributed by atoms with Gasteiger partial charge in [-0.25, -0.2) is 17.2 Å². The van der Waals surface area contributed by atoms with Crippen molar-refractivity contribution >= 4 is 9.84 Å². The molecule has 2 fully saturated rings. The molecule has 0 saturated carbocycles. The summed E-state index contributed by atoms with van der Waals surface area (Å²) in [4.78, 5) is 0. The Labute approximate surface area is 187 Å². The molecular weight excluding hydrogens is 436 g/mol. The normalized spacial score (nSPS) is 26.4. The van der Waals surface area contributed by atoms with E-state index in [0.29, 0.717) is 25.2 Å². The third kappa shape index (κ3) is 4.59. The zero-order chi connectivity index (χ0) is 22.9. The number of halogens is 2. The van der Waals surface area contributed by atoms with Crippen molar-refractivity contribution in [3.05, 3.63) is 70.8 Å². The number of benzene rings is 2. The molecule has 174 valence electrons. The zero-order valence-electron chi connectivity index (χ0n) is 18.0. The van der Waals surface area contributed by atoms with Crippen LogP contribution in [0.2, 0.25) is 0 Å². The molecule has 2 N–H and O–H groups in total. The highest BCUT2D eigenvalue weighted by Gasteiger charge is 2.42.